The van der Waals surface area contributed by atoms with E-state index < -0.39 is 18.1 Å². The number of azide groups is 1. The number of benzene rings is 2. The summed E-state index contributed by atoms with van der Waals surface area (Å²) in [6, 6.07) is 8.68. The molecule has 0 saturated heterocycles. The lowest BCUT2D eigenvalue weighted by Gasteiger charge is -2.09. The van der Waals surface area contributed by atoms with Crippen LogP contribution in [0.5, 0.6) is 5.75 Å². The first-order valence-corrected chi connectivity index (χ1v) is 8.15. The van der Waals surface area contributed by atoms with Gasteiger partial charge in [0.05, 0.1) is 17.8 Å². The third kappa shape index (κ3) is 5.23. The fourth-order valence-corrected chi connectivity index (χ4v) is 2.38. The first-order chi connectivity index (χ1) is 14.2. The Morgan fingerprint density at radius 3 is 2.60 bits per heavy atom. The van der Waals surface area contributed by atoms with Gasteiger partial charge in [-0.3, -0.25) is 4.79 Å². The minimum atomic E-state index is -4.78. The first kappa shape index (κ1) is 20.6. The Morgan fingerprint density at radius 1 is 1.23 bits per heavy atom. The third-order valence-electron chi connectivity index (χ3n) is 3.66. The van der Waals surface area contributed by atoms with Gasteiger partial charge in [0, 0.05) is 10.6 Å². The molecule has 154 valence electrons. The molecule has 0 spiro atoms. The number of anilines is 1. The molecule has 0 aliphatic carbocycles. The van der Waals surface area contributed by atoms with E-state index in [1.807, 2.05) is 0 Å². The van der Waals surface area contributed by atoms with E-state index in [0.29, 0.717) is 17.2 Å². The lowest BCUT2D eigenvalue weighted by Crippen LogP contribution is -2.17. The van der Waals surface area contributed by atoms with E-state index in [4.69, 9.17) is 5.53 Å². The largest absolute Gasteiger partial charge is 0.573 e. The van der Waals surface area contributed by atoms with E-state index in [9.17, 15) is 22.4 Å². The zero-order chi connectivity index (χ0) is 21.7. The van der Waals surface area contributed by atoms with Crippen LogP contribution >= 0.6 is 0 Å². The molecule has 0 saturated carbocycles. The number of amides is 1. The van der Waals surface area contributed by atoms with Gasteiger partial charge in [0.15, 0.2) is 5.82 Å². The smallest absolute Gasteiger partial charge is 0.406 e. The lowest BCUT2D eigenvalue weighted by molar-refractivity contribution is -0.274. The van der Waals surface area contributed by atoms with Crippen LogP contribution in [0.25, 0.3) is 16.1 Å². The summed E-state index contributed by atoms with van der Waals surface area (Å²) in [5.74, 6) is -1.94. The molecular weight excluding hydrogens is 410 g/mol. The third-order valence-corrected chi connectivity index (χ3v) is 3.66. The highest BCUT2D eigenvalue weighted by molar-refractivity contribution is 5.95. The van der Waals surface area contributed by atoms with Crippen LogP contribution in [0, 0.1) is 5.82 Å². The lowest BCUT2D eigenvalue weighted by atomic mass is 10.2. The SMILES string of the molecule is [N-]=[N+]=NC(=O)c1ccc(NCc2ncn(-c3ccc(OC(F)(F)F)cc3)n2)cc1F. The first-order valence-electron chi connectivity index (χ1n) is 8.15. The van der Waals surface area contributed by atoms with E-state index >= 15 is 0 Å². The molecule has 3 aromatic rings. The quantitative estimate of drug-likeness (QED) is 0.274. The summed E-state index contributed by atoms with van der Waals surface area (Å²) in [5.41, 5.74) is 8.65. The number of aromatic nitrogens is 3. The van der Waals surface area contributed by atoms with Crippen LogP contribution in [0.2, 0.25) is 0 Å². The summed E-state index contributed by atoms with van der Waals surface area (Å²) in [6.45, 7) is 0.103. The zero-order valence-corrected chi connectivity index (χ0v) is 14.8. The van der Waals surface area contributed by atoms with Gasteiger partial charge in [0.1, 0.15) is 17.9 Å². The highest BCUT2D eigenvalue weighted by Crippen LogP contribution is 2.23. The van der Waals surface area contributed by atoms with Crippen molar-refractivity contribution in [3.05, 3.63) is 76.4 Å². The van der Waals surface area contributed by atoms with Crippen molar-refractivity contribution in [2.75, 3.05) is 5.32 Å². The molecule has 0 bridgehead atoms. The van der Waals surface area contributed by atoms with Crippen LogP contribution < -0.4 is 10.1 Å². The normalized spacial score (nSPS) is 10.9. The molecular formula is C17H11F4N7O2. The molecule has 30 heavy (non-hydrogen) atoms. The maximum atomic E-state index is 14.0. The Balaban J connectivity index is 1.64. The number of rotatable bonds is 6. The fraction of sp³-hybridized carbons (Fsp3) is 0.118. The minimum Gasteiger partial charge on any atom is -0.406 e. The minimum absolute atomic E-state index is 0.103. The van der Waals surface area contributed by atoms with Gasteiger partial charge in [-0.05, 0) is 53.1 Å². The van der Waals surface area contributed by atoms with E-state index in [-0.39, 0.29) is 17.9 Å². The molecule has 2 aromatic carbocycles. The van der Waals surface area contributed by atoms with Crippen molar-refractivity contribution in [2.45, 2.75) is 12.9 Å². The molecule has 0 aliphatic heterocycles. The molecule has 1 amide bonds. The molecule has 3 rings (SSSR count). The van der Waals surface area contributed by atoms with Gasteiger partial charge in [-0.1, -0.05) is 0 Å². The Morgan fingerprint density at radius 2 is 1.97 bits per heavy atom. The number of alkyl halides is 3. The standard InChI is InChI=1S/C17H11F4N7O2/c18-14-7-10(1-6-13(14)16(29)25-27-22)23-8-15-24-9-28(26-15)11-2-4-12(5-3-11)30-17(19,20)21/h1-7,9,23H,8H2. The van der Waals surface area contributed by atoms with E-state index in [2.05, 4.69) is 30.2 Å². The van der Waals surface area contributed by atoms with E-state index in [1.165, 1.54) is 35.3 Å². The summed E-state index contributed by atoms with van der Waals surface area (Å²) in [6.07, 6.45) is -3.42. The summed E-state index contributed by atoms with van der Waals surface area (Å²) >= 11 is 0. The molecule has 0 atom stereocenters. The molecule has 1 N–H and O–H groups in total. The number of nitrogens with zero attached hydrogens (tertiary/aromatic N) is 6. The Bertz CT molecular complexity index is 1110. The van der Waals surface area contributed by atoms with Crippen molar-refractivity contribution in [3.8, 4) is 11.4 Å². The number of carbonyl (C=O) groups is 1. The average molecular weight is 421 g/mol. The predicted molar refractivity (Wildman–Crippen MR) is 95.2 cm³/mol. The van der Waals surface area contributed by atoms with Gasteiger partial charge in [0.25, 0.3) is 5.91 Å². The van der Waals surface area contributed by atoms with Crippen LogP contribution in [0.3, 0.4) is 0 Å². The summed E-state index contributed by atoms with van der Waals surface area (Å²) < 4.78 is 55.7. The van der Waals surface area contributed by atoms with Crippen molar-refractivity contribution < 1.29 is 27.1 Å². The number of halogens is 4. The van der Waals surface area contributed by atoms with Crippen LogP contribution in [0.4, 0.5) is 23.2 Å². The van der Waals surface area contributed by atoms with Crippen molar-refractivity contribution in [3.63, 3.8) is 0 Å². The molecule has 9 nitrogen and oxygen atoms in total. The highest BCUT2D eigenvalue weighted by Gasteiger charge is 2.31. The number of carbonyl (C=O) groups excluding carboxylic acids is 1. The van der Waals surface area contributed by atoms with Gasteiger partial charge in [-0.2, -0.15) is 0 Å². The summed E-state index contributed by atoms with van der Waals surface area (Å²) in [5, 5.41) is 9.86. The topological polar surface area (TPSA) is 118 Å². The molecule has 13 heteroatoms. The van der Waals surface area contributed by atoms with Crippen LogP contribution in [-0.2, 0) is 6.54 Å². The van der Waals surface area contributed by atoms with Crippen molar-refractivity contribution in [2.24, 2.45) is 5.11 Å². The average Bonchev–Trinajstić information content (AvgIpc) is 3.15. The predicted octanol–water partition coefficient (Wildman–Crippen LogP) is 4.37. The maximum Gasteiger partial charge on any atom is 0.573 e. The van der Waals surface area contributed by atoms with Crippen LogP contribution in [-0.4, -0.2) is 27.0 Å². The highest BCUT2D eigenvalue weighted by atomic mass is 19.4. The van der Waals surface area contributed by atoms with Crippen molar-refractivity contribution >= 4 is 11.6 Å². The number of hydrogen-bond donors (Lipinski definition) is 1. The molecule has 1 heterocycles. The fourth-order valence-electron chi connectivity index (χ4n) is 2.38. The van der Waals surface area contributed by atoms with Crippen LogP contribution in [0.1, 0.15) is 16.2 Å². The summed E-state index contributed by atoms with van der Waals surface area (Å²) in [4.78, 5) is 17.8. The zero-order valence-electron chi connectivity index (χ0n) is 14.8. The Hall–Kier alpha value is -4.12. The number of nitrogens with one attached hydrogen (secondary N) is 1. The number of hydrogen-bond acceptors (Lipinski definition) is 5. The van der Waals surface area contributed by atoms with Gasteiger partial charge >= 0.3 is 6.36 Å². The second-order valence-corrected chi connectivity index (χ2v) is 5.69. The Kier molecular flexibility index (Phi) is 5.83. The van der Waals surface area contributed by atoms with Gasteiger partial charge in [-0.25, -0.2) is 14.1 Å². The molecule has 0 unspecified atom stereocenters. The van der Waals surface area contributed by atoms with Gasteiger partial charge in [0.2, 0.25) is 0 Å². The van der Waals surface area contributed by atoms with Crippen molar-refractivity contribution in [1.82, 2.24) is 14.8 Å². The Labute approximate surface area is 165 Å². The second kappa shape index (κ2) is 8.49. The maximum absolute atomic E-state index is 14.0. The molecule has 0 aliphatic rings. The molecule has 1 aromatic heterocycles. The van der Waals surface area contributed by atoms with Gasteiger partial charge < -0.3 is 10.1 Å². The van der Waals surface area contributed by atoms with Crippen LogP contribution in [0.15, 0.2) is 53.9 Å². The van der Waals surface area contributed by atoms with E-state index in [0.717, 1.165) is 18.2 Å². The molecule has 0 radical (unpaired) electrons. The summed E-state index contributed by atoms with van der Waals surface area (Å²) in [7, 11) is 0. The number of ether oxygens (including phenoxy) is 1. The second-order valence-electron chi connectivity index (χ2n) is 5.69. The van der Waals surface area contributed by atoms with E-state index in [1.54, 1.807) is 0 Å². The monoisotopic (exact) mass is 421 g/mol. The molecule has 0 fully saturated rings. The van der Waals surface area contributed by atoms with Gasteiger partial charge in [-0.15, -0.1) is 18.3 Å². The van der Waals surface area contributed by atoms with Crippen molar-refractivity contribution in [1.29, 1.82) is 0 Å².